The van der Waals surface area contributed by atoms with Crippen LogP contribution in [0.1, 0.15) is 128 Å². The molecule has 0 heterocycles. The van der Waals surface area contributed by atoms with Gasteiger partial charge in [-0.3, -0.25) is 19.2 Å². The smallest absolute Gasteiger partial charge is 0.306 e. The number of aromatic hydroxyl groups is 1. The Bertz CT molecular complexity index is 1970. The molecule has 358 valence electrons. The van der Waals surface area contributed by atoms with Gasteiger partial charge in [-0.15, -0.1) is 11.6 Å². The Labute approximate surface area is 390 Å². The molecule has 3 saturated carbocycles. The zero-order valence-corrected chi connectivity index (χ0v) is 39.5. The number of hydrogen-bond donors (Lipinski definition) is 5. The number of alkyl halides is 1. The number of rotatable bonds is 22. The molecule has 13 heteroatoms. The van der Waals surface area contributed by atoms with Crippen LogP contribution in [0, 0.1) is 29.1 Å². The number of hydrogen-bond acceptors (Lipinski definition) is 12. The molecule has 2 aromatic rings. The minimum absolute atomic E-state index is 0.0533. The third-order valence-electron chi connectivity index (χ3n) is 14.4. The molecule has 5 N–H and O–H groups in total. The summed E-state index contributed by atoms with van der Waals surface area (Å²) in [7, 11) is 0. The molecule has 2 aromatic carbocycles. The van der Waals surface area contributed by atoms with Crippen molar-refractivity contribution in [1.82, 2.24) is 5.32 Å². The molecule has 9 atom stereocenters. The molecule has 4 aliphatic rings. The Morgan fingerprint density at radius 1 is 0.938 bits per heavy atom. The van der Waals surface area contributed by atoms with Crippen LogP contribution in [0.5, 0.6) is 5.75 Å². The van der Waals surface area contributed by atoms with Crippen LogP contribution in [0.15, 0.2) is 72.3 Å². The number of ether oxygens (including phenoxy) is 3. The molecule has 12 nitrogen and oxygen atoms in total. The van der Waals surface area contributed by atoms with Crippen molar-refractivity contribution in [2.24, 2.45) is 29.1 Å². The predicted molar refractivity (Wildman–Crippen MR) is 249 cm³/mol. The largest absolute Gasteiger partial charge is 0.508 e. The van der Waals surface area contributed by atoms with E-state index in [2.05, 4.69) is 35.6 Å². The normalized spacial score (nSPS) is 28.2. The number of fused-ring (bicyclic) bond motifs is 5. The molecule has 0 aliphatic heterocycles. The Balaban J connectivity index is 0.000000248. The number of allylic oxidation sites excluding steroid dienone is 4. The molecule has 0 bridgehead atoms. The van der Waals surface area contributed by atoms with Gasteiger partial charge in [0.15, 0.2) is 18.0 Å². The van der Waals surface area contributed by atoms with Crippen molar-refractivity contribution in [3.63, 3.8) is 0 Å². The lowest BCUT2D eigenvalue weighted by Crippen LogP contribution is -2.66. The fraction of sp³-hybridized carbons (Fsp3) is 0.615. The van der Waals surface area contributed by atoms with Crippen molar-refractivity contribution in [3.8, 4) is 5.75 Å². The second-order valence-corrected chi connectivity index (χ2v) is 19.1. The molecule has 6 rings (SSSR count). The van der Waals surface area contributed by atoms with E-state index >= 15 is 0 Å². The van der Waals surface area contributed by atoms with E-state index in [0.717, 1.165) is 63.9 Å². The fourth-order valence-electron chi connectivity index (χ4n) is 10.8. The number of aliphatic hydroxyl groups is 3. The van der Waals surface area contributed by atoms with Crippen molar-refractivity contribution in [1.29, 1.82) is 0 Å². The number of halogens is 1. The second-order valence-electron chi connectivity index (χ2n) is 18.5. The van der Waals surface area contributed by atoms with Gasteiger partial charge in [0.25, 0.3) is 0 Å². The number of ketones is 2. The van der Waals surface area contributed by atoms with Gasteiger partial charge in [-0.05, 0) is 112 Å². The number of nitrogens with one attached hydrogen (secondary N) is 1. The number of aryl methyl sites for hydroxylation is 1. The van der Waals surface area contributed by atoms with Crippen molar-refractivity contribution >= 4 is 35.1 Å². The molecule has 0 aromatic heterocycles. The Kier molecular flexibility index (Phi) is 19.4. The van der Waals surface area contributed by atoms with Gasteiger partial charge >= 0.3 is 11.9 Å². The lowest BCUT2D eigenvalue weighted by Gasteiger charge is -2.61. The summed E-state index contributed by atoms with van der Waals surface area (Å²) in [6.07, 6.45) is 13.5. The van der Waals surface area contributed by atoms with Gasteiger partial charge in [0.2, 0.25) is 5.78 Å². The third kappa shape index (κ3) is 12.2. The Morgan fingerprint density at radius 3 is 2.35 bits per heavy atom. The van der Waals surface area contributed by atoms with Crippen molar-refractivity contribution in [2.75, 3.05) is 32.9 Å². The fourth-order valence-corrected chi connectivity index (χ4v) is 11.4. The number of carbonyl (C=O) groups excluding carboxylic acids is 4. The highest BCUT2D eigenvalue weighted by atomic mass is 35.5. The molecule has 3 fully saturated rings. The molecule has 65 heavy (non-hydrogen) atoms. The van der Waals surface area contributed by atoms with Gasteiger partial charge in [-0.25, -0.2) is 0 Å². The number of Topliss-reactive ketones (excluding diaryl/α,β-unsaturated/α-hetero) is 1. The number of benzene rings is 2. The maximum atomic E-state index is 13.7. The van der Waals surface area contributed by atoms with Gasteiger partial charge in [0.05, 0.1) is 23.7 Å². The Hall–Kier alpha value is -3.91. The molecule has 0 spiro atoms. The average molecular weight is 923 g/mol. The van der Waals surface area contributed by atoms with Crippen LogP contribution in [0.4, 0.5) is 0 Å². The van der Waals surface area contributed by atoms with Crippen LogP contribution >= 0.6 is 11.6 Å². The summed E-state index contributed by atoms with van der Waals surface area (Å²) in [5, 5.41) is 43.9. The zero-order chi connectivity index (χ0) is 47.2. The van der Waals surface area contributed by atoms with Crippen LogP contribution in [0.3, 0.4) is 0 Å². The van der Waals surface area contributed by atoms with Crippen LogP contribution < -0.4 is 5.32 Å². The molecule has 3 unspecified atom stereocenters. The first-order chi connectivity index (χ1) is 31.2. The van der Waals surface area contributed by atoms with E-state index in [1.807, 2.05) is 19.9 Å². The van der Waals surface area contributed by atoms with Gasteiger partial charge in [-0.2, -0.15) is 0 Å². The first kappa shape index (κ1) is 52.1. The monoisotopic (exact) mass is 921 g/mol. The quantitative estimate of drug-likeness (QED) is 0.0439. The lowest BCUT2D eigenvalue weighted by molar-refractivity contribution is -0.186. The van der Waals surface area contributed by atoms with Crippen LogP contribution in [-0.4, -0.2) is 93.4 Å². The predicted octanol–water partition coefficient (Wildman–Crippen LogP) is 7.80. The minimum Gasteiger partial charge on any atom is -0.508 e. The van der Waals surface area contributed by atoms with Gasteiger partial charge in [0, 0.05) is 55.4 Å². The second kappa shape index (κ2) is 24.2. The number of aliphatic hydroxyl groups excluding tert-OH is 3. The molecule has 0 radical (unpaired) electrons. The summed E-state index contributed by atoms with van der Waals surface area (Å²) >= 11 is 7.42. The molecule has 0 amide bonds. The van der Waals surface area contributed by atoms with Crippen LogP contribution in [-0.2, 0) is 46.4 Å². The highest BCUT2D eigenvalue weighted by Crippen LogP contribution is 2.68. The van der Waals surface area contributed by atoms with Gasteiger partial charge in [0.1, 0.15) is 5.75 Å². The maximum absolute atomic E-state index is 13.7. The van der Waals surface area contributed by atoms with Crippen molar-refractivity contribution in [2.45, 2.75) is 140 Å². The summed E-state index contributed by atoms with van der Waals surface area (Å²) in [5.74, 6) is -2.49. The SMILES string of the molecule is CCC(=O)OCC(=O)[C@]1(OC(=O)CC)C2C[C@H](O)[C@@]3(Cl)[C@@H](CCC4=CC(=O)C=C[C@@]43C)C2C[C@H]1C.OCc1cc(C(O)CNCCCCCCOCCCCc2ccccc2)ccc1O. The van der Waals surface area contributed by atoms with E-state index in [9.17, 15) is 39.6 Å². The summed E-state index contributed by atoms with van der Waals surface area (Å²) in [6.45, 7) is 9.47. The molecule has 4 aliphatic carbocycles. The molecular weight excluding hydrogens is 850 g/mol. The summed E-state index contributed by atoms with van der Waals surface area (Å²) in [4.78, 5) is 49.0. The van der Waals surface area contributed by atoms with Gasteiger partial charge < -0.3 is 40.0 Å². The summed E-state index contributed by atoms with van der Waals surface area (Å²) < 4.78 is 16.9. The third-order valence-corrected chi connectivity index (χ3v) is 15.3. The van der Waals surface area contributed by atoms with Gasteiger partial charge in [-0.1, -0.05) is 88.6 Å². The van der Waals surface area contributed by atoms with E-state index in [0.29, 0.717) is 36.9 Å². The number of phenols is 1. The van der Waals surface area contributed by atoms with E-state index in [1.54, 1.807) is 32.1 Å². The van der Waals surface area contributed by atoms with E-state index in [4.69, 9.17) is 25.8 Å². The highest BCUT2D eigenvalue weighted by molar-refractivity contribution is 6.26. The van der Waals surface area contributed by atoms with E-state index in [-0.39, 0.29) is 55.2 Å². The number of carbonyl (C=O) groups is 4. The summed E-state index contributed by atoms with van der Waals surface area (Å²) in [6, 6.07) is 15.4. The van der Waals surface area contributed by atoms with E-state index in [1.165, 1.54) is 24.1 Å². The Morgan fingerprint density at radius 2 is 1.65 bits per heavy atom. The standard InChI is InChI=1S/C27H35ClO7.C25H37NO4/c1-5-23(32)34-14-22(31)26(35-24(33)6-2)15(3)11-18-19-8-7-16-12-17(29)9-10-25(16,4)27(19,28)21(30)13-20(18)26;27-20-23-18-22(13-14-24(23)28)25(29)19-26-15-7-1-2-8-16-30-17-9-6-12-21-10-4-3-5-11-21/h9-10,12,15,18-21,30H,5-8,11,13-14H2,1-4H3;3-5,10-11,13-14,18,25-29H,1-2,6-9,12,15-17,19-20H2/t15-,18?,19+,20?,21+,25+,26-,27+;/m1./s1. The topological polar surface area (TPSA) is 189 Å². The zero-order valence-electron chi connectivity index (χ0n) is 38.8. The average Bonchev–Trinajstić information content (AvgIpc) is 3.58. The number of esters is 2. The number of unbranched alkanes of at least 4 members (excludes halogenated alkanes) is 4. The highest BCUT2D eigenvalue weighted by Gasteiger charge is 2.71. The molecule has 0 saturated heterocycles. The van der Waals surface area contributed by atoms with Crippen molar-refractivity contribution < 1.29 is 53.8 Å². The van der Waals surface area contributed by atoms with Crippen LogP contribution in [0.25, 0.3) is 0 Å². The van der Waals surface area contributed by atoms with Crippen molar-refractivity contribution in [3.05, 3.63) is 89.0 Å². The van der Waals surface area contributed by atoms with Crippen LogP contribution in [0.2, 0.25) is 0 Å². The molecular formula is C52H72ClNO11. The minimum atomic E-state index is -1.49. The lowest BCUT2D eigenvalue weighted by atomic mass is 9.49. The maximum Gasteiger partial charge on any atom is 0.306 e. The summed E-state index contributed by atoms with van der Waals surface area (Å²) in [5.41, 5.74) is 1.27. The first-order valence-corrected chi connectivity index (χ1v) is 24.2. The van der Waals surface area contributed by atoms with E-state index < -0.39 is 58.3 Å². The first-order valence-electron chi connectivity index (χ1n) is 23.8.